The van der Waals surface area contributed by atoms with Crippen LogP contribution in [0.4, 0.5) is 0 Å². The lowest BCUT2D eigenvalue weighted by Gasteiger charge is -2.11. The zero-order valence-electron chi connectivity index (χ0n) is 17.3. The van der Waals surface area contributed by atoms with Gasteiger partial charge in [-0.25, -0.2) is 0 Å². The van der Waals surface area contributed by atoms with E-state index in [9.17, 15) is 9.59 Å². The van der Waals surface area contributed by atoms with E-state index in [1.807, 2.05) is 24.3 Å². The lowest BCUT2D eigenvalue weighted by atomic mass is 10.2. The molecule has 0 atom stereocenters. The molecule has 1 heterocycles. The van der Waals surface area contributed by atoms with Crippen LogP contribution in [0.2, 0.25) is 0 Å². The van der Waals surface area contributed by atoms with Crippen molar-refractivity contribution in [2.24, 2.45) is 0 Å². The van der Waals surface area contributed by atoms with E-state index in [1.165, 1.54) is 17.9 Å². The van der Waals surface area contributed by atoms with Crippen LogP contribution in [0, 0.1) is 0 Å². The minimum Gasteiger partial charge on any atom is -0.465 e. The van der Waals surface area contributed by atoms with Crippen LogP contribution in [-0.2, 0) is 16.0 Å². The maximum atomic E-state index is 12.6. The first-order valence-corrected chi connectivity index (χ1v) is 10.2. The summed E-state index contributed by atoms with van der Waals surface area (Å²) >= 11 is 0. The normalized spacial score (nSPS) is 11.2. The predicted molar refractivity (Wildman–Crippen MR) is 119 cm³/mol. The zero-order valence-corrected chi connectivity index (χ0v) is 17.3. The third kappa shape index (κ3) is 7.60. The molecule has 0 saturated carbocycles. The molecular formula is C25H26N2O4. The predicted octanol–water partition coefficient (Wildman–Crippen LogP) is 3.82. The number of furan rings is 1. The summed E-state index contributed by atoms with van der Waals surface area (Å²) in [4.78, 5) is 25.1. The van der Waals surface area contributed by atoms with Gasteiger partial charge in [0.25, 0.3) is 11.8 Å². The summed E-state index contributed by atoms with van der Waals surface area (Å²) in [5, 5.41) is 5.49. The van der Waals surface area contributed by atoms with Crippen molar-refractivity contribution in [1.29, 1.82) is 0 Å². The zero-order chi connectivity index (χ0) is 21.7. The highest BCUT2D eigenvalue weighted by atomic mass is 16.5. The molecule has 6 nitrogen and oxygen atoms in total. The van der Waals surface area contributed by atoms with Crippen LogP contribution in [0.25, 0.3) is 6.08 Å². The average molecular weight is 418 g/mol. The fourth-order valence-electron chi connectivity index (χ4n) is 2.87. The van der Waals surface area contributed by atoms with Gasteiger partial charge in [-0.1, -0.05) is 48.5 Å². The van der Waals surface area contributed by atoms with Crippen LogP contribution in [-0.4, -0.2) is 31.6 Å². The van der Waals surface area contributed by atoms with Gasteiger partial charge in [-0.3, -0.25) is 9.59 Å². The van der Waals surface area contributed by atoms with Gasteiger partial charge in [0.2, 0.25) is 0 Å². The van der Waals surface area contributed by atoms with Crippen LogP contribution in [0.1, 0.15) is 28.1 Å². The van der Waals surface area contributed by atoms with Crippen LogP contribution < -0.4 is 10.6 Å². The summed E-state index contributed by atoms with van der Waals surface area (Å²) in [5.74, 6) is -0.273. The van der Waals surface area contributed by atoms with E-state index in [2.05, 4.69) is 22.8 Å². The van der Waals surface area contributed by atoms with E-state index in [-0.39, 0.29) is 17.5 Å². The number of amides is 2. The Morgan fingerprint density at radius 2 is 1.65 bits per heavy atom. The minimum atomic E-state index is -0.384. The summed E-state index contributed by atoms with van der Waals surface area (Å²) in [5.41, 5.74) is 1.82. The number of nitrogens with one attached hydrogen (secondary N) is 2. The first-order chi connectivity index (χ1) is 15.2. The number of benzene rings is 2. The Balaban J connectivity index is 1.45. The highest BCUT2D eigenvalue weighted by molar-refractivity contribution is 6.05. The van der Waals surface area contributed by atoms with Crippen molar-refractivity contribution in [3.8, 4) is 0 Å². The fourth-order valence-corrected chi connectivity index (χ4v) is 2.87. The third-order valence-corrected chi connectivity index (χ3v) is 4.49. The number of ether oxygens (including phenoxy) is 1. The number of rotatable bonds is 11. The summed E-state index contributed by atoms with van der Waals surface area (Å²) < 4.78 is 10.9. The Morgan fingerprint density at radius 3 is 2.35 bits per heavy atom. The van der Waals surface area contributed by atoms with Crippen molar-refractivity contribution < 1.29 is 18.7 Å². The van der Waals surface area contributed by atoms with Crippen molar-refractivity contribution in [3.63, 3.8) is 0 Å². The Bertz CT molecular complexity index is 967. The molecule has 0 unspecified atom stereocenters. The van der Waals surface area contributed by atoms with Crippen molar-refractivity contribution in [2.75, 3.05) is 19.8 Å². The van der Waals surface area contributed by atoms with E-state index in [4.69, 9.17) is 9.15 Å². The molecule has 0 radical (unpaired) electrons. The number of carbonyl (C=O) groups excluding carboxylic acids is 2. The van der Waals surface area contributed by atoms with E-state index in [0.29, 0.717) is 37.5 Å². The van der Waals surface area contributed by atoms with Gasteiger partial charge in [0.1, 0.15) is 11.5 Å². The first-order valence-electron chi connectivity index (χ1n) is 10.2. The second-order valence-electron chi connectivity index (χ2n) is 6.85. The Labute approximate surface area is 181 Å². The van der Waals surface area contributed by atoms with E-state index >= 15 is 0 Å². The van der Waals surface area contributed by atoms with Gasteiger partial charge >= 0.3 is 0 Å². The molecule has 3 aromatic rings. The van der Waals surface area contributed by atoms with Gasteiger partial charge in [0.05, 0.1) is 12.9 Å². The quantitative estimate of drug-likeness (QED) is 0.366. The molecule has 0 spiro atoms. The van der Waals surface area contributed by atoms with Gasteiger partial charge in [-0.2, -0.15) is 0 Å². The van der Waals surface area contributed by atoms with E-state index in [0.717, 1.165) is 6.42 Å². The van der Waals surface area contributed by atoms with E-state index in [1.54, 1.807) is 36.4 Å². The Kier molecular flexibility index (Phi) is 8.64. The van der Waals surface area contributed by atoms with Gasteiger partial charge in [0, 0.05) is 24.8 Å². The third-order valence-electron chi connectivity index (χ3n) is 4.49. The topological polar surface area (TPSA) is 80.6 Å². The largest absolute Gasteiger partial charge is 0.465 e. The first kappa shape index (κ1) is 22.1. The maximum absolute atomic E-state index is 12.6. The fraction of sp³-hybridized carbons (Fsp3) is 0.200. The average Bonchev–Trinajstić information content (AvgIpc) is 3.32. The molecule has 2 aromatic carbocycles. The Hall–Kier alpha value is -3.64. The van der Waals surface area contributed by atoms with Gasteiger partial charge in [0.15, 0.2) is 0 Å². The molecule has 1 aromatic heterocycles. The molecule has 0 fully saturated rings. The minimum absolute atomic E-state index is 0.119. The summed E-state index contributed by atoms with van der Waals surface area (Å²) in [7, 11) is 0. The van der Waals surface area contributed by atoms with E-state index < -0.39 is 0 Å². The standard InChI is InChI=1S/C25H26N2O4/c28-24(21-11-5-2-6-12-21)27-23(19-22-13-7-17-31-22)25(29)26-15-8-16-30-18-14-20-9-3-1-4-10-20/h1-7,9-13,17,19H,8,14-16,18H2,(H,26,29)(H,27,28)/b23-19-. The summed E-state index contributed by atoms with van der Waals surface area (Å²) in [6.45, 7) is 1.61. The second-order valence-corrected chi connectivity index (χ2v) is 6.85. The number of carbonyl (C=O) groups is 2. The highest BCUT2D eigenvalue weighted by Gasteiger charge is 2.14. The second kappa shape index (κ2) is 12.1. The molecule has 0 saturated heterocycles. The molecule has 160 valence electrons. The molecule has 0 aliphatic rings. The molecule has 0 aliphatic heterocycles. The SMILES string of the molecule is O=C(NCCCOCCc1ccccc1)/C(=C/c1ccco1)NC(=O)c1ccccc1. The van der Waals surface area contributed by atoms with Crippen LogP contribution in [0.15, 0.2) is 89.2 Å². The lowest BCUT2D eigenvalue weighted by Crippen LogP contribution is -2.35. The van der Waals surface area contributed by atoms with Crippen molar-refractivity contribution in [3.05, 3.63) is 102 Å². The molecule has 2 N–H and O–H groups in total. The molecule has 3 rings (SSSR count). The van der Waals surface area contributed by atoms with Gasteiger partial charge < -0.3 is 19.8 Å². The Morgan fingerprint density at radius 1 is 0.903 bits per heavy atom. The van der Waals surface area contributed by atoms with Crippen LogP contribution in [0.3, 0.4) is 0 Å². The van der Waals surface area contributed by atoms with Crippen molar-refractivity contribution in [1.82, 2.24) is 10.6 Å². The summed E-state index contributed by atoms with van der Waals surface area (Å²) in [6.07, 6.45) is 4.54. The molecule has 2 amide bonds. The smallest absolute Gasteiger partial charge is 0.267 e. The number of hydrogen-bond acceptors (Lipinski definition) is 4. The monoisotopic (exact) mass is 418 g/mol. The van der Waals surface area contributed by atoms with Crippen molar-refractivity contribution in [2.45, 2.75) is 12.8 Å². The molecule has 0 bridgehead atoms. The van der Waals surface area contributed by atoms with Gasteiger partial charge in [-0.05, 0) is 42.7 Å². The molecule has 0 aliphatic carbocycles. The highest BCUT2D eigenvalue weighted by Crippen LogP contribution is 2.08. The molecular weight excluding hydrogens is 392 g/mol. The molecule has 31 heavy (non-hydrogen) atoms. The lowest BCUT2D eigenvalue weighted by molar-refractivity contribution is -0.117. The summed E-state index contributed by atoms with van der Waals surface area (Å²) in [6, 6.07) is 22.3. The molecule has 6 heteroatoms. The maximum Gasteiger partial charge on any atom is 0.267 e. The number of hydrogen-bond donors (Lipinski definition) is 2. The van der Waals surface area contributed by atoms with Gasteiger partial charge in [-0.15, -0.1) is 0 Å². The van der Waals surface area contributed by atoms with Crippen LogP contribution >= 0.6 is 0 Å². The van der Waals surface area contributed by atoms with Crippen LogP contribution in [0.5, 0.6) is 0 Å². The van der Waals surface area contributed by atoms with Crippen molar-refractivity contribution >= 4 is 17.9 Å².